The van der Waals surface area contributed by atoms with Gasteiger partial charge in [-0.1, -0.05) is 30.3 Å². The molecule has 0 bridgehead atoms. The first-order valence-corrected chi connectivity index (χ1v) is 10.0. The number of nitrogens with one attached hydrogen (secondary N) is 1. The highest BCUT2D eigenvalue weighted by molar-refractivity contribution is 5.96. The number of hydrogen-bond donors (Lipinski definition) is 1. The molecule has 31 heavy (non-hydrogen) atoms. The van der Waals surface area contributed by atoms with Crippen molar-refractivity contribution in [2.45, 2.75) is 26.5 Å². The lowest BCUT2D eigenvalue weighted by atomic mass is 10.2. The molecule has 1 N–H and O–H groups in total. The fourth-order valence-electron chi connectivity index (χ4n) is 2.80. The predicted molar refractivity (Wildman–Crippen MR) is 119 cm³/mol. The van der Waals surface area contributed by atoms with Gasteiger partial charge in [-0.3, -0.25) is 9.48 Å². The van der Waals surface area contributed by atoms with Gasteiger partial charge in [-0.15, -0.1) is 0 Å². The Morgan fingerprint density at radius 1 is 1.13 bits per heavy atom. The molecule has 0 fully saturated rings. The Balaban J connectivity index is 1.48. The van der Waals surface area contributed by atoms with Gasteiger partial charge in [-0.25, -0.2) is 4.79 Å². The molecule has 0 unspecified atom stereocenters. The van der Waals surface area contributed by atoms with Crippen molar-refractivity contribution in [1.29, 1.82) is 0 Å². The second kappa shape index (κ2) is 10.8. The summed E-state index contributed by atoms with van der Waals surface area (Å²) in [7, 11) is 0. The number of carbonyl (C=O) groups is 2. The van der Waals surface area contributed by atoms with Crippen LogP contribution >= 0.6 is 0 Å². The number of anilines is 1. The zero-order chi connectivity index (χ0) is 22.1. The topological polar surface area (TPSA) is 82.4 Å². The summed E-state index contributed by atoms with van der Waals surface area (Å²) in [6.07, 6.45) is 5.44. The first kappa shape index (κ1) is 21.8. The van der Waals surface area contributed by atoms with Crippen molar-refractivity contribution in [1.82, 2.24) is 9.78 Å². The van der Waals surface area contributed by atoms with Crippen LogP contribution in [0.4, 0.5) is 5.69 Å². The van der Waals surface area contributed by atoms with Crippen LogP contribution in [0.1, 0.15) is 25.0 Å². The molecule has 160 valence electrons. The molecular weight excluding hydrogens is 394 g/mol. The number of hydrogen-bond acceptors (Lipinski definition) is 5. The third-order valence-corrected chi connectivity index (χ3v) is 4.35. The summed E-state index contributed by atoms with van der Waals surface area (Å²) in [6, 6.07) is 16.9. The Labute approximate surface area is 181 Å². The molecule has 0 spiro atoms. The average Bonchev–Trinajstić information content (AvgIpc) is 3.22. The van der Waals surface area contributed by atoms with Crippen molar-refractivity contribution in [2.75, 3.05) is 11.9 Å². The Bertz CT molecular complexity index is 1030. The number of aromatic nitrogens is 2. The minimum Gasteiger partial charge on any atom is -0.494 e. The van der Waals surface area contributed by atoms with E-state index in [0.717, 1.165) is 16.9 Å². The van der Waals surface area contributed by atoms with Crippen LogP contribution in [0.5, 0.6) is 5.75 Å². The monoisotopic (exact) mass is 419 g/mol. The Morgan fingerprint density at radius 2 is 1.87 bits per heavy atom. The zero-order valence-electron chi connectivity index (χ0n) is 17.5. The number of benzene rings is 2. The Morgan fingerprint density at radius 3 is 2.58 bits per heavy atom. The van der Waals surface area contributed by atoms with Crippen molar-refractivity contribution in [3.63, 3.8) is 0 Å². The van der Waals surface area contributed by atoms with Crippen molar-refractivity contribution in [3.05, 3.63) is 84.2 Å². The molecule has 3 rings (SSSR count). The van der Waals surface area contributed by atoms with Gasteiger partial charge in [0.05, 0.1) is 19.3 Å². The first-order chi connectivity index (χ1) is 15.0. The zero-order valence-corrected chi connectivity index (χ0v) is 17.5. The Hall–Kier alpha value is -3.87. The van der Waals surface area contributed by atoms with Crippen LogP contribution in [0.3, 0.4) is 0 Å². The number of rotatable bonds is 9. The van der Waals surface area contributed by atoms with Gasteiger partial charge in [0.15, 0.2) is 6.10 Å². The quantitative estimate of drug-likeness (QED) is 0.420. The van der Waals surface area contributed by atoms with E-state index in [0.29, 0.717) is 18.8 Å². The van der Waals surface area contributed by atoms with Crippen molar-refractivity contribution in [3.8, 4) is 5.75 Å². The minimum absolute atomic E-state index is 0.415. The molecule has 7 nitrogen and oxygen atoms in total. The van der Waals surface area contributed by atoms with Gasteiger partial charge in [-0.2, -0.15) is 5.10 Å². The van der Waals surface area contributed by atoms with Gasteiger partial charge in [0.25, 0.3) is 5.91 Å². The van der Waals surface area contributed by atoms with E-state index in [1.165, 1.54) is 13.0 Å². The van der Waals surface area contributed by atoms with E-state index in [1.807, 2.05) is 43.5 Å². The van der Waals surface area contributed by atoms with Gasteiger partial charge in [-0.05, 0) is 49.8 Å². The smallest absolute Gasteiger partial charge is 0.331 e. The summed E-state index contributed by atoms with van der Waals surface area (Å²) in [5.41, 5.74) is 2.49. The van der Waals surface area contributed by atoms with Crippen molar-refractivity contribution < 1.29 is 19.1 Å². The molecule has 0 aliphatic carbocycles. The van der Waals surface area contributed by atoms with Gasteiger partial charge >= 0.3 is 5.97 Å². The maximum absolute atomic E-state index is 12.3. The highest BCUT2D eigenvalue weighted by Gasteiger charge is 2.16. The fraction of sp³-hybridized carbons (Fsp3) is 0.208. The molecule has 1 amide bonds. The fourth-order valence-corrected chi connectivity index (χ4v) is 2.80. The van der Waals surface area contributed by atoms with E-state index < -0.39 is 18.0 Å². The summed E-state index contributed by atoms with van der Waals surface area (Å²) in [5, 5.41) is 6.99. The van der Waals surface area contributed by atoms with E-state index in [-0.39, 0.29) is 0 Å². The van der Waals surface area contributed by atoms with Crippen LogP contribution in [0.15, 0.2) is 73.1 Å². The van der Waals surface area contributed by atoms with Crippen LogP contribution in [0.2, 0.25) is 0 Å². The van der Waals surface area contributed by atoms with E-state index >= 15 is 0 Å². The average molecular weight is 419 g/mol. The van der Waals surface area contributed by atoms with Crippen LogP contribution in [-0.4, -0.2) is 34.4 Å². The standard InChI is InChI=1S/C24H25N3O4/c1-3-30-22-12-10-21(11-13-22)26-24(29)18(2)31-23(28)14-9-20-15-25-27(17-20)16-19-7-5-4-6-8-19/h4-15,17-18H,3,16H2,1-2H3,(H,26,29)/b14-9+/t18-/m0/s1. The third-order valence-electron chi connectivity index (χ3n) is 4.35. The normalized spacial score (nSPS) is 11.8. The summed E-state index contributed by atoms with van der Waals surface area (Å²) in [4.78, 5) is 24.3. The number of esters is 1. The summed E-state index contributed by atoms with van der Waals surface area (Å²) in [6.45, 7) is 4.63. The van der Waals surface area contributed by atoms with E-state index in [1.54, 1.807) is 41.2 Å². The largest absolute Gasteiger partial charge is 0.494 e. The summed E-state index contributed by atoms with van der Waals surface area (Å²) < 4.78 is 12.3. The van der Waals surface area contributed by atoms with E-state index in [4.69, 9.17) is 9.47 Å². The van der Waals surface area contributed by atoms with Crippen LogP contribution in [0.25, 0.3) is 6.08 Å². The van der Waals surface area contributed by atoms with Crippen molar-refractivity contribution in [2.24, 2.45) is 0 Å². The lowest BCUT2D eigenvalue weighted by Gasteiger charge is -2.12. The second-order valence-electron chi connectivity index (χ2n) is 6.82. The predicted octanol–water partition coefficient (Wildman–Crippen LogP) is 3.91. The molecule has 0 saturated heterocycles. The summed E-state index contributed by atoms with van der Waals surface area (Å²) in [5.74, 6) is -0.302. The molecule has 3 aromatic rings. The van der Waals surface area contributed by atoms with Gasteiger partial charge < -0.3 is 14.8 Å². The molecule has 0 aliphatic heterocycles. The van der Waals surface area contributed by atoms with Crippen LogP contribution in [-0.2, 0) is 20.9 Å². The number of carbonyl (C=O) groups excluding carboxylic acids is 2. The molecule has 2 aromatic carbocycles. The second-order valence-corrected chi connectivity index (χ2v) is 6.82. The van der Waals surface area contributed by atoms with E-state index in [2.05, 4.69) is 10.4 Å². The van der Waals surface area contributed by atoms with Gasteiger partial charge in [0.1, 0.15) is 5.75 Å². The lowest BCUT2D eigenvalue weighted by Crippen LogP contribution is -2.29. The minimum atomic E-state index is -0.940. The maximum atomic E-state index is 12.3. The molecule has 0 radical (unpaired) electrons. The molecule has 1 atom stereocenters. The highest BCUT2D eigenvalue weighted by atomic mass is 16.5. The highest BCUT2D eigenvalue weighted by Crippen LogP contribution is 2.16. The van der Waals surface area contributed by atoms with Gasteiger partial charge in [0.2, 0.25) is 0 Å². The number of amides is 1. The van der Waals surface area contributed by atoms with Gasteiger partial charge in [0, 0.05) is 23.5 Å². The maximum Gasteiger partial charge on any atom is 0.331 e. The van der Waals surface area contributed by atoms with Crippen molar-refractivity contribution >= 4 is 23.6 Å². The van der Waals surface area contributed by atoms with E-state index in [9.17, 15) is 9.59 Å². The summed E-state index contributed by atoms with van der Waals surface area (Å²) >= 11 is 0. The lowest BCUT2D eigenvalue weighted by molar-refractivity contribution is -0.148. The first-order valence-electron chi connectivity index (χ1n) is 10.0. The Kier molecular flexibility index (Phi) is 7.59. The number of ether oxygens (including phenoxy) is 2. The molecule has 0 saturated carbocycles. The number of nitrogens with zero attached hydrogens (tertiary/aromatic N) is 2. The molecule has 1 aromatic heterocycles. The molecule has 0 aliphatic rings. The SMILES string of the molecule is CCOc1ccc(NC(=O)[C@H](C)OC(=O)/C=C/c2cnn(Cc3ccccc3)c2)cc1. The molecule has 1 heterocycles. The molecular formula is C24H25N3O4. The van der Waals surface area contributed by atoms with Crippen LogP contribution < -0.4 is 10.1 Å². The van der Waals surface area contributed by atoms with Crippen LogP contribution in [0, 0.1) is 0 Å². The third kappa shape index (κ3) is 6.85. The molecule has 7 heteroatoms.